The lowest BCUT2D eigenvalue weighted by molar-refractivity contribution is 0.456. The Hall–Kier alpha value is -1.02. The zero-order valence-electron chi connectivity index (χ0n) is 7.63. The zero-order valence-corrected chi connectivity index (χ0v) is 7.63. The fraction of sp³-hybridized carbons (Fsp3) is 0.400. The molecule has 1 aromatic rings. The molecule has 0 saturated heterocycles. The van der Waals surface area contributed by atoms with E-state index in [4.69, 9.17) is 4.42 Å². The average Bonchev–Trinajstić information content (AvgIpc) is 2.47. The van der Waals surface area contributed by atoms with Gasteiger partial charge in [0.05, 0.1) is 12.3 Å². The molecule has 0 aliphatic heterocycles. The fourth-order valence-corrected chi connectivity index (χ4v) is 1.21. The molecule has 0 radical (unpaired) electrons. The predicted molar refractivity (Wildman–Crippen MR) is 50.1 cm³/mol. The maximum atomic E-state index is 5.34. The van der Waals surface area contributed by atoms with E-state index in [0.29, 0.717) is 0 Å². The average molecular weight is 165 g/mol. The van der Waals surface area contributed by atoms with Gasteiger partial charge in [0, 0.05) is 0 Å². The van der Waals surface area contributed by atoms with Gasteiger partial charge in [-0.25, -0.2) is 0 Å². The molecule has 1 atom stereocenters. The second kappa shape index (κ2) is 4.12. The first-order chi connectivity index (χ1) is 5.79. The summed E-state index contributed by atoms with van der Waals surface area (Å²) in [6.07, 6.45) is 3.56. The van der Waals surface area contributed by atoms with Crippen molar-refractivity contribution >= 4 is 0 Å². The van der Waals surface area contributed by atoms with Gasteiger partial charge in [-0.05, 0) is 25.1 Å². The molecule has 1 aromatic heterocycles. The van der Waals surface area contributed by atoms with Crippen molar-refractivity contribution in [3.63, 3.8) is 0 Å². The molecule has 12 heavy (non-hydrogen) atoms. The summed E-state index contributed by atoms with van der Waals surface area (Å²) in [4.78, 5) is 0. The lowest BCUT2D eigenvalue weighted by Crippen LogP contribution is -2.18. The summed E-state index contributed by atoms with van der Waals surface area (Å²) in [5, 5.41) is 3.26. The van der Waals surface area contributed by atoms with E-state index in [2.05, 4.69) is 18.8 Å². The molecule has 1 heterocycles. The highest BCUT2D eigenvalue weighted by molar-refractivity contribution is 5.21. The number of hydrogen-bond donors (Lipinski definition) is 1. The molecule has 0 amide bonds. The van der Waals surface area contributed by atoms with E-state index in [1.807, 2.05) is 19.1 Å². The van der Waals surface area contributed by atoms with Gasteiger partial charge in [0.1, 0.15) is 5.76 Å². The van der Waals surface area contributed by atoms with Crippen LogP contribution in [0.25, 0.3) is 0 Å². The summed E-state index contributed by atoms with van der Waals surface area (Å²) in [5.41, 5.74) is 1.17. The number of furan rings is 1. The second-order valence-corrected chi connectivity index (χ2v) is 2.74. The maximum absolute atomic E-state index is 5.34. The van der Waals surface area contributed by atoms with Gasteiger partial charge in [-0.2, -0.15) is 0 Å². The Labute approximate surface area is 73.3 Å². The summed E-state index contributed by atoms with van der Waals surface area (Å²) in [6, 6.07) is 2.10. The van der Waals surface area contributed by atoms with Gasteiger partial charge >= 0.3 is 0 Å². The molecule has 0 bridgehead atoms. The molecule has 0 aromatic carbocycles. The van der Waals surface area contributed by atoms with Gasteiger partial charge in [0.15, 0.2) is 0 Å². The van der Waals surface area contributed by atoms with Crippen molar-refractivity contribution in [2.24, 2.45) is 0 Å². The lowest BCUT2D eigenvalue weighted by Gasteiger charge is -2.10. The van der Waals surface area contributed by atoms with Crippen molar-refractivity contribution in [2.75, 3.05) is 6.54 Å². The first kappa shape index (κ1) is 9.07. The normalized spacial score (nSPS) is 12.8. The molecule has 2 heteroatoms. The third kappa shape index (κ3) is 1.77. The van der Waals surface area contributed by atoms with Crippen molar-refractivity contribution < 1.29 is 4.42 Å². The summed E-state index contributed by atoms with van der Waals surface area (Å²) >= 11 is 0. The Morgan fingerprint density at radius 2 is 2.50 bits per heavy atom. The van der Waals surface area contributed by atoms with Crippen molar-refractivity contribution in [2.45, 2.75) is 19.9 Å². The monoisotopic (exact) mass is 165 g/mol. The van der Waals surface area contributed by atoms with Crippen molar-refractivity contribution in [1.29, 1.82) is 0 Å². The number of nitrogens with one attached hydrogen (secondary N) is 1. The number of rotatable bonds is 4. The molecule has 66 valence electrons. The van der Waals surface area contributed by atoms with E-state index >= 15 is 0 Å². The van der Waals surface area contributed by atoms with E-state index in [1.54, 1.807) is 6.26 Å². The Morgan fingerprint density at radius 1 is 1.75 bits per heavy atom. The van der Waals surface area contributed by atoms with Gasteiger partial charge in [-0.1, -0.05) is 13.0 Å². The lowest BCUT2D eigenvalue weighted by atomic mass is 10.1. The van der Waals surface area contributed by atoms with E-state index in [1.165, 1.54) is 5.56 Å². The standard InChI is InChI=1S/C10H15NO/c1-4-9(11-5-2)10-8(3)6-7-12-10/h4,6-7,9,11H,1,5H2,2-3H3. The van der Waals surface area contributed by atoms with Crippen LogP contribution in [0.1, 0.15) is 24.3 Å². The van der Waals surface area contributed by atoms with Gasteiger partial charge in [0.2, 0.25) is 0 Å². The van der Waals surface area contributed by atoms with Crippen LogP contribution in [0, 0.1) is 6.92 Å². The molecule has 0 aliphatic carbocycles. The number of likely N-dealkylation sites (N-methyl/N-ethyl adjacent to an activating group) is 1. The highest BCUT2D eigenvalue weighted by atomic mass is 16.3. The van der Waals surface area contributed by atoms with Gasteiger partial charge in [0.25, 0.3) is 0 Å². The first-order valence-electron chi connectivity index (χ1n) is 4.19. The predicted octanol–water partition coefficient (Wildman–Crippen LogP) is 2.42. The summed E-state index contributed by atoms with van der Waals surface area (Å²) in [6.45, 7) is 8.77. The second-order valence-electron chi connectivity index (χ2n) is 2.74. The van der Waals surface area contributed by atoms with E-state index in [-0.39, 0.29) is 6.04 Å². The summed E-state index contributed by atoms with van der Waals surface area (Å²) < 4.78 is 5.34. The topological polar surface area (TPSA) is 25.2 Å². The van der Waals surface area contributed by atoms with Gasteiger partial charge in [-0.3, -0.25) is 0 Å². The molecule has 1 N–H and O–H groups in total. The van der Waals surface area contributed by atoms with Gasteiger partial charge < -0.3 is 9.73 Å². The van der Waals surface area contributed by atoms with Crippen molar-refractivity contribution in [3.8, 4) is 0 Å². The van der Waals surface area contributed by atoms with Crippen LogP contribution in [0.3, 0.4) is 0 Å². The number of hydrogen-bond acceptors (Lipinski definition) is 2. The SMILES string of the molecule is C=CC(NCC)c1occc1C. The number of aryl methyl sites for hydroxylation is 1. The maximum Gasteiger partial charge on any atom is 0.127 e. The minimum absolute atomic E-state index is 0.144. The Balaban J connectivity index is 2.79. The molecule has 2 nitrogen and oxygen atoms in total. The van der Waals surface area contributed by atoms with Crippen LogP contribution in [0.2, 0.25) is 0 Å². The smallest absolute Gasteiger partial charge is 0.127 e. The quantitative estimate of drug-likeness (QED) is 0.693. The van der Waals surface area contributed by atoms with Crippen LogP contribution >= 0.6 is 0 Å². The third-order valence-corrected chi connectivity index (χ3v) is 1.84. The highest BCUT2D eigenvalue weighted by Crippen LogP contribution is 2.18. The van der Waals surface area contributed by atoms with Crippen LogP contribution in [0.5, 0.6) is 0 Å². The Kier molecular flexibility index (Phi) is 3.11. The van der Waals surface area contributed by atoms with E-state index < -0.39 is 0 Å². The summed E-state index contributed by atoms with van der Waals surface area (Å²) in [7, 11) is 0. The molecule has 0 spiro atoms. The Bertz CT molecular complexity index is 252. The highest BCUT2D eigenvalue weighted by Gasteiger charge is 2.11. The largest absolute Gasteiger partial charge is 0.467 e. The molecule has 1 unspecified atom stereocenters. The van der Waals surface area contributed by atoms with Crippen LogP contribution < -0.4 is 5.32 Å². The van der Waals surface area contributed by atoms with Crippen LogP contribution in [-0.2, 0) is 0 Å². The molecular formula is C10H15NO. The molecule has 0 aliphatic rings. The van der Waals surface area contributed by atoms with Crippen LogP contribution in [0.4, 0.5) is 0 Å². The van der Waals surface area contributed by atoms with Gasteiger partial charge in [-0.15, -0.1) is 6.58 Å². The molecular weight excluding hydrogens is 150 g/mol. The van der Waals surface area contributed by atoms with E-state index in [0.717, 1.165) is 12.3 Å². The molecule has 0 saturated carbocycles. The van der Waals surface area contributed by atoms with E-state index in [9.17, 15) is 0 Å². The third-order valence-electron chi connectivity index (χ3n) is 1.84. The molecule has 1 rings (SSSR count). The fourth-order valence-electron chi connectivity index (χ4n) is 1.21. The molecule has 0 fully saturated rings. The summed E-state index contributed by atoms with van der Waals surface area (Å²) in [5.74, 6) is 0.965. The van der Waals surface area contributed by atoms with Crippen molar-refractivity contribution in [1.82, 2.24) is 5.32 Å². The minimum Gasteiger partial charge on any atom is -0.467 e. The van der Waals surface area contributed by atoms with Crippen LogP contribution in [-0.4, -0.2) is 6.54 Å². The zero-order chi connectivity index (χ0) is 8.97. The van der Waals surface area contributed by atoms with Crippen LogP contribution in [0.15, 0.2) is 29.4 Å². The van der Waals surface area contributed by atoms with Crippen molar-refractivity contribution in [3.05, 3.63) is 36.3 Å². The minimum atomic E-state index is 0.144. The first-order valence-corrected chi connectivity index (χ1v) is 4.19. The Morgan fingerprint density at radius 3 is 2.92 bits per heavy atom.